The van der Waals surface area contributed by atoms with Crippen LogP contribution < -0.4 is 0 Å². The molecule has 0 unspecified atom stereocenters. The number of fused-ring (bicyclic) bond motifs is 2. The number of nitrogens with zero attached hydrogens (tertiary/aromatic N) is 1. The quantitative estimate of drug-likeness (QED) is 0.905. The number of carbonyl (C=O) groups is 1. The van der Waals surface area contributed by atoms with Gasteiger partial charge in [-0.05, 0) is 30.4 Å². The minimum Gasteiger partial charge on any atom is -0.393 e. The van der Waals surface area contributed by atoms with E-state index in [9.17, 15) is 9.90 Å². The molecule has 0 spiro atoms. The molecule has 1 heterocycles. The van der Waals surface area contributed by atoms with Crippen LogP contribution in [0.4, 0.5) is 0 Å². The topological polar surface area (TPSA) is 49.8 Å². The van der Waals surface area contributed by atoms with Crippen LogP contribution in [0.15, 0.2) is 60.7 Å². The Hall–Kier alpha value is -2.17. The number of likely N-dealkylation sites (tertiary alicyclic amines) is 1. The Kier molecular flexibility index (Phi) is 5.28. The third-order valence-electron chi connectivity index (χ3n) is 6.23. The third-order valence-corrected chi connectivity index (χ3v) is 6.23. The van der Waals surface area contributed by atoms with Crippen LogP contribution in [0.2, 0.25) is 0 Å². The minimum atomic E-state index is -0.317. The van der Waals surface area contributed by atoms with Crippen molar-refractivity contribution in [3.8, 4) is 0 Å². The molecular formula is C23H27NO3. The first-order chi connectivity index (χ1) is 13.2. The molecule has 1 amide bonds. The van der Waals surface area contributed by atoms with Crippen molar-refractivity contribution in [1.82, 2.24) is 4.90 Å². The van der Waals surface area contributed by atoms with E-state index in [-0.39, 0.29) is 36.0 Å². The van der Waals surface area contributed by atoms with Crippen molar-refractivity contribution in [2.24, 2.45) is 5.92 Å². The zero-order valence-corrected chi connectivity index (χ0v) is 15.7. The number of hydrogen-bond acceptors (Lipinski definition) is 3. The summed E-state index contributed by atoms with van der Waals surface area (Å²) in [6.07, 6.45) is 1.99. The van der Waals surface area contributed by atoms with Crippen molar-refractivity contribution >= 4 is 5.91 Å². The lowest BCUT2D eigenvalue weighted by Crippen LogP contribution is -2.58. The van der Waals surface area contributed by atoms with Gasteiger partial charge in [-0.1, -0.05) is 60.7 Å². The molecule has 1 aliphatic heterocycles. The first-order valence-corrected chi connectivity index (χ1v) is 9.80. The number of piperidine rings is 1. The van der Waals surface area contributed by atoms with Gasteiger partial charge in [-0.25, -0.2) is 0 Å². The van der Waals surface area contributed by atoms with Crippen LogP contribution in [0, 0.1) is 5.92 Å². The second kappa shape index (κ2) is 7.83. The minimum absolute atomic E-state index is 0.104. The van der Waals surface area contributed by atoms with Gasteiger partial charge in [0.25, 0.3) is 0 Å². The molecule has 1 saturated heterocycles. The number of carbonyl (C=O) groups excluding carboxylic acids is 1. The number of aliphatic hydroxyl groups excluding tert-OH is 1. The Bertz CT molecular complexity index is 724. The smallest absolute Gasteiger partial charge is 0.234 e. The van der Waals surface area contributed by atoms with E-state index in [4.69, 9.17) is 4.74 Å². The Labute approximate surface area is 160 Å². The number of aliphatic hydroxyl groups is 1. The van der Waals surface area contributed by atoms with Crippen LogP contribution in [0.1, 0.15) is 36.3 Å². The van der Waals surface area contributed by atoms with E-state index in [0.29, 0.717) is 6.54 Å². The predicted octanol–water partition coefficient (Wildman–Crippen LogP) is 3.21. The first-order valence-electron chi connectivity index (χ1n) is 9.80. The van der Waals surface area contributed by atoms with Crippen LogP contribution in [0.5, 0.6) is 0 Å². The average Bonchev–Trinajstić information content (AvgIpc) is 2.72. The van der Waals surface area contributed by atoms with Gasteiger partial charge in [0, 0.05) is 25.6 Å². The second-order valence-corrected chi connectivity index (χ2v) is 7.72. The maximum Gasteiger partial charge on any atom is 0.234 e. The number of rotatable bonds is 4. The molecule has 2 aliphatic rings. The second-order valence-electron chi connectivity index (χ2n) is 7.72. The molecular weight excluding hydrogens is 338 g/mol. The maximum atomic E-state index is 13.8. The highest BCUT2D eigenvalue weighted by molar-refractivity contribution is 5.87. The van der Waals surface area contributed by atoms with Crippen molar-refractivity contribution in [1.29, 1.82) is 0 Å². The summed E-state index contributed by atoms with van der Waals surface area (Å²) in [5.41, 5.74) is 2.03. The number of methoxy groups -OCH3 is 1. The summed E-state index contributed by atoms with van der Waals surface area (Å²) in [7, 11) is 1.68. The molecule has 4 heteroatoms. The van der Waals surface area contributed by atoms with Crippen LogP contribution in [-0.4, -0.2) is 47.8 Å². The normalized spacial score (nSPS) is 27.6. The SMILES string of the molecule is CO[C@H]1CN(C(=O)C(c2ccccc2)c2ccccc2)[C@H]2CC[C@@H](O)[C@@H]1C2. The highest BCUT2D eigenvalue weighted by atomic mass is 16.5. The Morgan fingerprint density at radius 3 is 2.19 bits per heavy atom. The van der Waals surface area contributed by atoms with Crippen molar-refractivity contribution in [3.63, 3.8) is 0 Å². The fraction of sp³-hybridized carbons (Fsp3) is 0.435. The molecule has 27 heavy (non-hydrogen) atoms. The van der Waals surface area contributed by atoms with Crippen LogP contribution in [0.3, 0.4) is 0 Å². The fourth-order valence-electron chi connectivity index (χ4n) is 4.78. The molecule has 2 aromatic rings. The number of amides is 1. The highest BCUT2D eigenvalue weighted by Crippen LogP contribution is 2.38. The van der Waals surface area contributed by atoms with Crippen molar-refractivity contribution in [3.05, 3.63) is 71.8 Å². The lowest BCUT2D eigenvalue weighted by Gasteiger charge is -2.49. The van der Waals surface area contributed by atoms with Gasteiger partial charge in [0.2, 0.25) is 5.91 Å². The molecule has 142 valence electrons. The van der Waals surface area contributed by atoms with E-state index >= 15 is 0 Å². The lowest BCUT2D eigenvalue weighted by atomic mass is 9.75. The van der Waals surface area contributed by atoms with E-state index in [1.165, 1.54) is 0 Å². The zero-order valence-electron chi connectivity index (χ0n) is 15.7. The Morgan fingerprint density at radius 1 is 1.04 bits per heavy atom. The van der Waals surface area contributed by atoms with E-state index in [1.54, 1.807) is 7.11 Å². The van der Waals surface area contributed by atoms with Gasteiger partial charge in [-0.2, -0.15) is 0 Å². The van der Waals surface area contributed by atoms with Gasteiger partial charge in [-0.3, -0.25) is 4.79 Å². The lowest BCUT2D eigenvalue weighted by molar-refractivity contribution is -0.151. The first kappa shape index (κ1) is 18.2. The highest BCUT2D eigenvalue weighted by Gasteiger charge is 2.45. The van der Waals surface area contributed by atoms with Crippen molar-refractivity contribution in [2.45, 2.75) is 43.4 Å². The van der Waals surface area contributed by atoms with Gasteiger partial charge in [0.05, 0.1) is 18.1 Å². The molecule has 2 fully saturated rings. The summed E-state index contributed by atoms with van der Waals surface area (Å²) in [6, 6.07) is 20.2. The van der Waals surface area contributed by atoms with Crippen LogP contribution in [-0.2, 0) is 9.53 Å². The molecule has 0 radical (unpaired) electrons. The van der Waals surface area contributed by atoms with E-state index in [2.05, 4.69) is 0 Å². The van der Waals surface area contributed by atoms with Gasteiger partial charge in [0.15, 0.2) is 0 Å². The van der Waals surface area contributed by atoms with Gasteiger partial charge < -0.3 is 14.7 Å². The van der Waals surface area contributed by atoms with Gasteiger partial charge in [-0.15, -0.1) is 0 Å². The van der Waals surface area contributed by atoms with Crippen molar-refractivity contribution in [2.75, 3.05) is 13.7 Å². The largest absolute Gasteiger partial charge is 0.393 e. The van der Waals surface area contributed by atoms with E-state index in [0.717, 1.165) is 30.4 Å². The summed E-state index contributed by atoms with van der Waals surface area (Å²) in [5, 5.41) is 10.3. The Balaban J connectivity index is 1.67. The molecule has 4 nitrogen and oxygen atoms in total. The maximum absolute atomic E-state index is 13.8. The average molecular weight is 365 g/mol. The molecule has 2 bridgehead atoms. The molecule has 1 N–H and O–H groups in total. The molecule has 1 aliphatic carbocycles. The Morgan fingerprint density at radius 2 is 1.63 bits per heavy atom. The van der Waals surface area contributed by atoms with Gasteiger partial charge >= 0.3 is 0 Å². The summed E-state index contributed by atoms with van der Waals surface area (Å²) < 4.78 is 5.66. The zero-order chi connectivity index (χ0) is 18.8. The van der Waals surface area contributed by atoms with Gasteiger partial charge in [0.1, 0.15) is 0 Å². The summed E-state index contributed by atoms with van der Waals surface area (Å²) in [5.74, 6) is -0.0488. The molecule has 1 saturated carbocycles. The molecule has 2 aromatic carbocycles. The fourth-order valence-corrected chi connectivity index (χ4v) is 4.78. The van der Waals surface area contributed by atoms with Crippen LogP contribution >= 0.6 is 0 Å². The number of hydrogen-bond donors (Lipinski definition) is 1. The summed E-state index contributed by atoms with van der Waals surface area (Å²) in [6.45, 7) is 0.553. The summed E-state index contributed by atoms with van der Waals surface area (Å²) in [4.78, 5) is 15.8. The number of benzene rings is 2. The number of ether oxygens (including phenoxy) is 1. The van der Waals surface area contributed by atoms with E-state index in [1.807, 2.05) is 65.6 Å². The third kappa shape index (κ3) is 3.52. The van der Waals surface area contributed by atoms with Crippen LogP contribution in [0.25, 0.3) is 0 Å². The molecule has 4 atom stereocenters. The standard InChI is InChI=1S/C23H27NO3/c1-27-21-15-24(18-12-13-20(25)19(21)14-18)23(26)22(16-8-4-2-5-9-16)17-10-6-3-7-11-17/h2-11,18-22,25H,12-15H2,1H3/t18-,19-,20+,21-/m0/s1. The van der Waals surface area contributed by atoms with E-state index < -0.39 is 0 Å². The molecule has 0 aromatic heterocycles. The predicted molar refractivity (Wildman–Crippen MR) is 104 cm³/mol. The molecule has 4 rings (SSSR count). The summed E-state index contributed by atoms with van der Waals surface area (Å²) >= 11 is 0. The van der Waals surface area contributed by atoms with Crippen molar-refractivity contribution < 1.29 is 14.6 Å². The monoisotopic (exact) mass is 365 g/mol.